The lowest BCUT2D eigenvalue weighted by Gasteiger charge is -2.33. The second-order valence-corrected chi connectivity index (χ2v) is 6.71. The Kier molecular flexibility index (Phi) is 6.30. The van der Waals surface area contributed by atoms with Crippen molar-refractivity contribution < 1.29 is 14.0 Å². The van der Waals surface area contributed by atoms with Crippen LogP contribution in [-0.2, 0) is 11.2 Å². The summed E-state index contributed by atoms with van der Waals surface area (Å²) in [5, 5.41) is 3.65. The van der Waals surface area contributed by atoms with Crippen molar-refractivity contribution >= 4 is 23.4 Å². The van der Waals surface area contributed by atoms with E-state index in [9.17, 15) is 9.59 Å². The van der Waals surface area contributed by atoms with Gasteiger partial charge in [0, 0.05) is 37.7 Å². The Bertz CT molecular complexity index is 723. The predicted molar refractivity (Wildman–Crippen MR) is 99.2 cm³/mol. The lowest BCUT2D eigenvalue weighted by Crippen LogP contribution is -2.51. The number of amides is 2. The normalized spacial score (nSPS) is 15.0. The third-order valence-electron chi connectivity index (χ3n) is 4.41. The van der Waals surface area contributed by atoms with Crippen LogP contribution in [0.3, 0.4) is 0 Å². The van der Waals surface area contributed by atoms with E-state index < -0.39 is 0 Å². The zero-order valence-corrected chi connectivity index (χ0v) is 15.2. The zero-order valence-electron chi connectivity index (χ0n) is 14.5. The van der Waals surface area contributed by atoms with Crippen molar-refractivity contribution in [1.29, 1.82) is 0 Å². The van der Waals surface area contributed by atoms with Crippen LogP contribution in [0.15, 0.2) is 47.1 Å². The van der Waals surface area contributed by atoms with Crippen LogP contribution in [0, 0.1) is 0 Å². The third-order valence-corrected chi connectivity index (χ3v) is 4.66. The van der Waals surface area contributed by atoms with E-state index in [2.05, 4.69) is 10.2 Å². The molecule has 0 aliphatic carbocycles. The molecule has 2 aromatic rings. The third kappa shape index (κ3) is 5.09. The molecule has 1 aliphatic heterocycles. The SMILES string of the molecule is O=C(CN1CCN(C(=O)c2ccco2)CC1)NCCc1ccc(Cl)cc1. The molecule has 1 saturated heterocycles. The molecular formula is C19H22ClN3O3. The summed E-state index contributed by atoms with van der Waals surface area (Å²) in [5.74, 6) is 0.269. The second kappa shape index (κ2) is 8.87. The van der Waals surface area contributed by atoms with Gasteiger partial charge >= 0.3 is 0 Å². The van der Waals surface area contributed by atoms with Gasteiger partial charge in [-0.3, -0.25) is 14.5 Å². The minimum Gasteiger partial charge on any atom is -0.459 e. The van der Waals surface area contributed by atoms with E-state index in [1.54, 1.807) is 17.0 Å². The number of halogens is 1. The lowest BCUT2D eigenvalue weighted by atomic mass is 10.1. The van der Waals surface area contributed by atoms with Crippen LogP contribution in [0.25, 0.3) is 0 Å². The van der Waals surface area contributed by atoms with E-state index in [-0.39, 0.29) is 11.8 Å². The standard InChI is InChI=1S/C19H22ClN3O3/c20-16-5-3-15(4-6-16)7-8-21-18(24)14-22-9-11-23(12-10-22)19(25)17-2-1-13-26-17/h1-6,13H,7-12,14H2,(H,21,24). The fourth-order valence-electron chi connectivity index (χ4n) is 2.92. The first kappa shape index (κ1) is 18.5. The fraction of sp³-hybridized carbons (Fsp3) is 0.368. The average Bonchev–Trinajstić information content (AvgIpc) is 3.18. The van der Waals surface area contributed by atoms with E-state index in [1.165, 1.54) is 6.26 Å². The molecule has 6 nitrogen and oxygen atoms in total. The lowest BCUT2D eigenvalue weighted by molar-refractivity contribution is -0.122. The van der Waals surface area contributed by atoms with Crippen molar-refractivity contribution in [2.24, 2.45) is 0 Å². The number of benzene rings is 1. The van der Waals surface area contributed by atoms with Crippen molar-refractivity contribution in [2.75, 3.05) is 39.3 Å². The topological polar surface area (TPSA) is 65.8 Å². The molecule has 1 aliphatic rings. The quantitative estimate of drug-likeness (QED) is 0.839. The van der Waals surface area contributed by atoms with Crippen molar-refractivity contribution in [1.82, 2.24) is 15.1 Å². The summed E-state index contributed by atoms with van der Waals surface area (Å²) < 4.78 is 5.15. The van der Waals surface area contributed by atoms with Gasteiger partial charge in [0.1, 0.15) is 0 Å². The smallest absolute Gasteiger partial charge is 0.289 e. The number of hydrogen-bond donors (Lipinski definition) is 1. The minimum atomic E-state index is -0.0953. The molecule has 26 heavy (non-hydrogen) atoms. The minimum absolute atomic E-state index is 0.00442. The predicted octanol–water partition coefficient (Wildman–Crippen LogP) is 2.05. The highest BCUT2D eigenvalue weighted by molar-refractivity contribution is 6.30. The molecule has 1 aromatic heterocycles. The highest BCUT2D eigenvalue weighted by atomic mass is 35.5. The van der Waals surface area contributed by atoms with Crippen LogP contribution in [0.5, 0.6) is 0 Å². The van der Waals surface area contributed by atoms with Crippen molar-refractivity contribution in [3.8, 4) is 0 Å². The maximum Gasteiger partial charge on any atom is 0.289 e. The molecule has 0 unspecified atom stereocenters. The number of furan rings is 1. The Morgan fingerprint density at radius 3 is 2.46 bits per heavy atom. The molecule has 3 rings (SSSR count). The number of carbonyl (C=O) groups excluding carboxylic acids is 2. The van der Waals surface area contributed by atoms with Crippen LogP contribution in [0.4, 0.5) is 0 Å². The maximum atomic E-state index is 12.2. The number of piperazine rings is 1. The van der Waals surface area contributed by atoms with E-state index >= 15 is 0 Å². The molecule has 0 radical (unpaired) electrons. The molecule has 0 atom stereocenters. The fourth-order valence-corrected chi connectivity index (χ4v) is 3.05. The van der Waals surface area contributed by atoms with Crippen LogP contribution >= 0.6 is 11.6 Å². The molecule has 0 spiro atoms. The highest BCUT2D eigenvalue weighted by Crippen LogP contribution is 2.10. The van der Waals surface area contributed by atoms with Gasteiger partial charge in [-0.2, -0.15) is 0 Å². The number of hydrogen-bond acceptors (Lipinski definition) is 4. The molecule has 1 fully saturated rings. The monoisotopic (exact) mass is 375 g/mol. The largest absolute Gasteiger partial charge is 0.459 e. The Morgan fingerprint density at radius 1 is 1.08 bits per heavy atom. The maximum absolute atomic E-state index is 12.2. The van der Waals surface area contributed by atoms with Gasteiger partial charge < -0.3 is 14.6 Å². The summed E-state index contributed by atoms with van der Waals surface area (Å²) in [6.07, 6.45) is 2.27. The van der Waals surface area contributed by atoms with E-state index in [0.29, 0.717) is 50.1 Å². The highest BCUT2D eigenvalue weighted by Gasteiger charge is 2.24. The molecule has 138 valence electrons. The zero-order chi connectivity index (χ0) is 18.4. The van der Waals surface area contributed by atoms with Gasteiger partial charge in [0.05, 0.1) is 12.8 Å². The number of carbonyl (C=O) groups is 2. The van der Waals surface area contributed by atoms with E-state index in [0.717, 1.165) is 12.0 Å². The van der Waals surface area contributed by atoms with Gasteiger partial charge in [0.15, 0.2) is 5.76 Å². The average molecular weight is 376 g/mol. The summed E-state index contributed by atoms with van der Waals surface area (Å²) in [6, 6.07) is 11.0. The van der Waals surface area contributed by atoms with Crippen molar-refractivity contribution in [3.63, 3.8) is 0 Å². The van der Waals surface area contributed by atoms with Crippen LogP contribution in [0.1, 0.15) is 16.1 Å². The Morgan fingerprint density at radius 2 is 1.81 bits per heavy atom. The van der Waals surface area contributed by atoms with Crippen LogP contribution in [0.2, 0.25) is 5.02 Å². The summed E-state index contributed by atoms with van der Waals surface area (Å²) in [6.45, 7) is 3.49. The molecular weight excluding hydrogens is 354 g/mol. The van der Waals surface area contributed by atoms with Gasteiger partial charge in [0.25, 0.3) is 5.91 Å². The summed E-state index contributed by atoms with van der Waals surface area (Å²) in [4.78, 5) is 28.1. The first-order chi connectivity index (χ1) is 12.6. The van der Waals surface area contributed by atoms with Crippen molar-refractivity contribution in [3.05, 3.63) is 59.0 Å². The first-order valence-electron chi connectivity index (χ1n) is 8.68. The number of nitrogens with one attached hydrogen (secondary N) is 1. The molecule has 1 N–H and O–H groups in total. The Balaban J connectivity index is 1.35. The van der Waals surface area contributed by atoms with Crippen LogP contribution < -0.4 is 5.32 Å². The van der Waals surface area contributed by atoms with Gasteiger partial charge in [0.2, 0.25) is 5.91 Å². The molecule has 7 heteroatoms. The Labute approximate surface area is 157 Å². The molecule has 0 saturated carbocycles. The number of nitrogens with zero attached hydrogens (tertiary/aromatic N) is 2. The second-order valence-electron chi connectivity index (χ2n) is 6.27. The molecule has 1 aromatic carbocycles. The Hall–Kier alpha value is -2.31. The summed E-state index contributed by atoms with van der Waals surface area (Å²) in [7, 11) is 0. The van der Waals surface area contributed by atoms with E-state index in [1.807, 2.05) is 24.3 Å². The van der Waals surface area contributed by atoms with Gasteiger partial charge in [-0.15, -0.1) is 0 Å². The van der Waals surface area contributed by atoms with Gasteiger partial charge in [-0.25, -0.2) is 0 Å². The first-order valence-corrected chi connectivity index (χ1v) is 9.06. The summed E-state index contributed by atoms with van der Waals surface area (Å²) >= 11 is 5.86. The summed E-state index contributed by atoms with van der Waals surface area (Å²) in [5.41, 5.74) is 1.14. The van der Waals surface area contributed by atoms with Crippen LogP contribution in [-0.4, -0.2) is 60.9 Å². The number of rotatable bonds is 6. The van der Waals surface area contributed by atoms with Gasteiger partial charge in [-0.1, -0.05) is 23.7 Å². The molecule has 0 bridgehead atoms. The van der Waals surface area contributed by atoms with E-state index in [4.69, 9.17) is 16.0 Å². The molecule has 2 heterocycles. The van der Waals surface area contributed by atoms with Crippen molar-refractivity contribution in [2.45, 2.75) is 6.42 Å². The van der Waals surface area contributed by atoms with Gasteiger partial charge in [-0.05, 0) is 36.2 Å². The molecule has 2 amide bonds.